The molecule has 0 fully saturated rings. The van der Waals surface area contributed by atoms with E-state index >= 15 is 0 Å². The Hall–Kier alpha value is -3.29. The number of nitrogens with one attached hydrogen (secondary N) is 2. The number of nitrogens with zero attached hydrogens (tertiary/aromatic N) is 1. The van der Waals surface area contributed by atoms with Crippen molar-refractivity contribution in [2.24, 2.45) is 0 Å². The zero-order chi connectivity index (χ0) is 21.4. The number of alkyl carbamates (subject to hydrolysis) is 1. The first kappa shape index (κ1) is 22.0. The highest BCUT2D eigenvalue weighted by molar-refractivity contribution is 5.95. The van der Waals surface area contributed by atoms with Crippen molar-refractivity contribution in [3.8, 4) is 17.4 Å². The highest BCUT2D eigenvalue weighted by Crippen LogP contribution is 2.24. The quantitative estimate of drug-likeness (QED) is 0.724. The van der Waals surface area contributed by atoms with Gasteiger partial charge < -0.3 is 24.8 Å². The summed E-state index contributed by atoms with van der Waals surface area (Å²) in [6.07, 6.45) is -0.256. The van der Waals surface area contributed by atoms with Crippen LogP contribution in [-0.4, -0.2) is 35.7 Å². The molecule has 0 radical (unpaired) electrons. The van der Waals surface area contributed by atoms with Crippen LogP contribution in [0.25, 0.3) is 0 Å². The Bertz CT molecular complexity index is 848. The number of benzene rings is 1. The van der Waals surface area contributed by atoms with Gasteiger partial charge in [0.2, 0.25) is 11.8 Å². The number of pyridine rings is 1. The molecule has 0 unspecified atom stereocenters. The Balaban J connectivity index is 2.02. The average Bonchev–Trinajstić information content (AvgIpc) is 2.65. The van der Waals surface area contributed by atoms with Crippen LogP contribution in [-0.2, 0) is 9.53 Å². The molecule has 1 atom stereocenters. The summed E-state index contributed by atoms with van der Waals surface area (Å²) < 4.78 is 16.1. The molecule has 0 saturated heterocycles. The van der Waals surface area contributed by atoms with E-state index < -0.39 is 23.6 Å². The molecule has 0 aliphatic rings. The van der Waals surface area contributed by atoms with Gasteiger partial charge in [-0.15, -0.1) is 0 Å². The van der Waals surface area contributed by atoms with Gasteiger partial charge in [0.05, 0.1) is 7.11 Å². The second-order valence-electron chi connectivity index (χ2n) is 7.24. The molecule has 2 aromatic rings. The molecular formula is C21H27N3O5. The lowest BCUT2D eigenvalue weighted by atomic mass is 10.2. The Morgan fingerprint density at radius 1 is 1.10 bits per heavy atom. The molecule has 2 amide bonds. The van der Waals surface area contributed by atoms with Gasteiger partial charge in [-0.3, -0.25) is 4.79 Å². The molecule has 1 aromatic heterocycles. The summed E-state index contributed by atoms with van der Waals surface area (Å²) in [5.74, 6) is 1.43. The standard InChI is InChI=1S/C21H27N3O5/c1-6-16(22-20(26)29-21(2,3)4)19(25)24-17-11-8-12-18(23-17)28-15-10-7-9-14(13-15)27-5/h7-13,16H,6H2,1-5H3,(H,22,26)(H,23,24,25)/t16-/m1/s1. The third kappa shape index (κ3) is 7.33. The highest BCUT2D eigenvalue weighted by atomic mass is 16.6. The summed E-state index contributed by atoms with van der Waals surface area (Å²) in [5.41, 5.74) is -0.647. The topological polar surface area (TPSA) is 98.8 Å². The van der Waals surface area contributed by atoms with Gasteiger partial charge in [-0.2, -0.15) is 4.98 Å². The predicted octanol–water partition coefficient (Wildman–Crippen LogP) is 4.12. The number of aromatic nitrogens is 1. The first-order valence-electron chi connectivity index (χ1n) is 9.29. The first-order valence-corrected chi connectivity index (χ1v) is 9.29. The maximum Gasteiger partial charge on any atom is 0.408 e. The molecule has 0 saturated carbocycles. The van der Waals surface area contributed by atoms with E-state index in [1.54, 1.807) is 77.3 Å². The van der Waals surface area contributed by atoms with Gasteiger partial charge in [0.1, 0.15) is 29.0 Å². The molecule has 1 aromatic carbocycles. The second kappa shape index (κ2) is 9.77. The second-order valence-corrected chi connectivity index (χ2v) is 7.24. The van der Waals surface area contributed by atoms with Gasteiger partial charge in [-0.1, -0.05) is 19.1 Å². The van der Waals surface area contributed by atoms with E-state index in [4.69, 9.17) is 14.2 Å². The van der Waals surface area contributed by atoms with Gasteiger partial charge in [0.25, 0.3) is 0 Å². The number of rotatable bonds is 7. The minimum absolute atomic E-state index is 0.305. The maximum absolute atomic E-state index is 12.5. The molecule has 2 rings (SSSR count). The van der Waals surface area contributed by atoms with Crippen LogP contribution in [0.2, 0.25) is 0 Å². The molecule has 8 nitrogen and oxygen atoms in total. The molecule has 0 spiro atoms. The summed E-state index contributed by atoms with van der Waals surface area (Å²) in [5, 5.41) is 5.25. The third-order valence-electron chi connectivity index (χ3n) is 3.65. The molecule has 156 valence electrons. The molecule has 8 heteroatoms. The minimum atomic E-state index is -0.755. The van der Waals surface area contributed by atoms with E-state index in [9.17, 15) is 9.59 Å². The fourth-order valence-electron chi connectivity index (χ4n) is 2.34. The van der Waals surface area contributed by atoms with Crippen molar-refractivity contribution in [1.29, 1.82) is 0 Å². The van der Waals surface area contributed by atoms with Crippen LogP contribution in [0.3, 0.4) is 0 Å². The van der Waals surface area contributed by atoms with Crippen molar-refractivity contribution in [3.05, 3.63) is 42.5 Å². The van der Waals surface area contributed by atoms with Gasteiger partial charge in [0.15, 0.2) is 0 Å². The maximum atomic E-state index is 12.5. The molecule has 1 heterocycles. The van der Waals surface area contributed by atoms with Crippen molar-refractivity contribution < 1.29 is 23.8 Å². The van der Waals surface area contributed by atoms with E-state index in [1.807, 2.05) is 0 Å². The van der Waals surface area contributed by atoms with Crippen LogP contribution in [0.5, 0.6) is 17.4 Å². The number of anilines is 1. The Kier molecular flexibility index (Phi) is 7.41. The van der Waals surface area contributed by atoms with Gasteiger partial charge in [-0.05, 0) is 45.4 Å². The number of hydrogen-bond acceptors (Lipinski definition) is 6. The van der Waals surface area contributed by atoms with E-state index in [0.29, 0.717) is 29.6 Å². The SMILES string of the molecule is CC[C@@H](NC(=O)OC(C)(C)C)C(=O)Nc1cccc(Oc2cccc(OC)c2)n1. The lowest BCUT2D eigenvalue weighted by Crippen LogP contribution is -2.45. The minimum Gasteiger partial charge on any atom is -0.497 e. The van der Waals surface area contributed by atoms with Crippen molar-refractivity contribution in [2.45, 2.75) is 45.8 Å². The van der Waals surface area contributed by atoms with E-state index in [0.717, 1.165) is 0 Å². The zero-order valence-electron chi connectivity index (χ0n) is 17.3. The summed E-state index contributed by atoms with van der Waals surface area (Å²) in [6, 6.07) is 11.4. The van der Waals surface area contributed by atoms with Crippen molar-refractivity contribution in [1.82, 2.24) is 10.3 Å². The highest BCUT2D eigenvalue weighted by Gasteiger charge is 2.23. The van der Waals surface area contributed by atoms with E-state index in [2.05, 4.69) is 15.6 Å². The molecule has 2 N–H and O–H groups in total. The van der Waals surface area contributed by atoms with Crippen LogP contribution in [0.1, 0.15) is 34.1 Å². The summed E-state index contributed by atoms with van der Waals surface area (Å²) >= 11 is 0. The van der Waals surface area contributed by atoms with Crippen LogP contribution >= 0.6 is 0 Å². The molecule has 29 heavy (non-hydrogen) atoms. The molecule has 0 aliphatic heterocycles. The molecular weight excluding hydrogens is 374 g/mol. The normalized spacial score (nSPS) is 11.9. The smallest absolute Gasteiger partial charge is 0.408 e. The van der Waals surface area contributed by atoms with E-state index in [1.165, 1.54) is 0 Å². The van der Waals surface area contributed by atoms with Gasteiger partial charge in [-0.25, -0.2) is 4.79 Å². The molecule has 0 aliphatic carbocycles. The third-order valence-corrected chi connectivity index (χ3v) is 3.65. The number of methoxy groups -OCH3 is 1. The number of hydrogen-bond donors (Lipinski definition) is 2. The monoisotopic (exact) mass is 401 g/mol. The first-order chi connectivity index (χ1) is 13.7. The largest absolute Gasteiger partial charge is 0.497 e. The van der Waals surface area contributed by atoms with E-state index in [-0.39, 0.29) is 0 Å². The van der Waals surface area contributed by atoms with Crippen LogP contribution in [0, 0.1) is 0 Å². The van der Waals surface area contributed by atoms with Crippen molar-refractivity contribution in [3.63, 3.8) is 0 Å². The van der Waals surface area contributed by atoms with Gasteiger partial charge in [0, 0.05) is 12.1 Å². The van der Waals surface area contributed by atoms with Crippen LogP contribution < -0.4 is 20.1 Å². The Morgan fingerprint density at radius 2 is 1.79 bits per heavy atom. The fourth-order valence-corrected chi connectivity index (χ4v) is 2.34. The average molecular weight is 401 g/mol. The number of carbonyl (C=O) groups is 2. The summed E-state index contributed by atoms with van der Waals surface area (Å²) in [4.78, 5) is 28.7. The summed E-state index contributed by atoms with van der Waals surface area (Å²) in [7, 11) is 1.57. The van der Waals surface area contributed by atoms with Crippen molar-refractivity contribution >= 4 is 17.8 Å². The zero-order valence-corrected chi connectivity index (χ0v) is 17.3. The van der Waals surface area contributed by atoms with Crippen LogP contribution in [0.15, 0.2) is 42.5 Å². The Labute approximate surface area is 170 Å². The van der Waals surface area contributed by atoms with Gasteiger partial charge >= 0.3 is 6.09 Å². The lowest BCUT2D eigenvalue weighted by Gasteiger charge is -2.22. The lowest BCUT2D eigenvalue weighted by molar-refractivity contribution is -0.118. The van der Waals surface area contributed by atoms with Crippen molar-refractivity contribution in [2.75, 3.05) is 12.4 Å². The molecule has 0 bridgehead atoms. The Morgan fingerprint density at radius 3 is 2.45 bits per heavy atom. The fraction of sp³-hybridized carbons (Fsp3) is 0.381. The summed E-state index contributed by atoms with van der Waals surface area (Å²) in [6.45, 7) is 7.05. The number of amides is 2. The number of carbonyl (C=O) groups excluding carboxylic acids is 2. The number of ether oxygens (including phenoxy) is 3. The predicted molar refractivity (Wildman–Crippen MR) is 109 cm³/mol. The van der Waals surface area contributed by atoms with Crippen LogP contribution in [0.4, 0.5) is 10.6 Å².